The summed E-state index contributed by atoms with van der Waals surface area (Å²) in [5.41, 5.74) is 1.76. The average Bonchev–Trinajstić information content (AvgIpc) is 2.97. The van der Waals surface area contributed by atoms with E-state index in [-0.39, 0.29) is 24.2 Å². The molecule has 3 rings (SSSR count). The predicted octanol–water partition coefficient (Wildman–Crippen LogP) is 2.80. The lowest BCUT2D eigenvalue weighted by Crippen LogP contribution is -2.38. The van der Waals surface area contributed by atoms with Crippen LogP contribution in [0.1, 0.15) is 12.8 Å². The van der Waals surface area contributed by atoms with E-state index in [0.29, 0.717) is 35.2 Å². The van der Waals surface area contributed by atoms with Gasteiger partial charge in [0.1, 0.15) is 5.92 Å². The van der Waals surface area contributed by atoms with E-state index in [4.69, 9.17) is 23.2 Å². The summed E-state index contributed by atoms with van der Waals surface area (Å²) < 4.78 is 0. The standard InChI is InChI=1S/C17H19Cl2N3O2.ClH/c18-12-1-2-14(19)15(9-12)22-8-5-13(17(22)24)16(23)21-10-11-3-6-20-7-4-11;/h1-3,9,13,20H,4-8,10H2,(H,21,23);1H. The minimum Gasteiger partial charge on any atom is -0.352 e. The number of amides is 2. The van der Waals surface area contributed by atoms with E-state index in [1.807, 2.05) is 0 Å². The van der Waals surface area contributed by atoms with Crippen LogP contribution in [0.2, 0.25) is 10.0 Å². The van der Waals surface area contributed by atoms with Crippen LogP contribution < -0.4 is 15.5 Å². The zero-order valence-electron chi connectivity index (χ0n) is 13.6. The Bertz CT molecular complexity index is 694. The Labute approximate surface area is 163 Å². The van der Waals surface area contributed by atoms with Crippen LogP contribution in [-0.2, 0) is 9.59 Å². The normalized spacial score (nSPS) is 20.1. The smallest absolute Gasteiger partial charge is 0.239 e. The summed E-state index contributed by atoms with van der Waals surface area (Å²) in [5.74, 6) is -1.11. The van der Waals surface area contributed by atoms with E-state index in [0.717, 1.165) is 19.5 Å². The van der Waals surface area contributed by atoms with Gasteiger partial charge in [0.15, 0.2) is 0 Å². The number of carbonyl (C=O) groups excluding carboxylic acids is 2. The number of halogens is 3. The molecule has 1 aromatic rings. The summed E-state index contributed by atoms with van der Waals surface area (Å²) in [6, 6.07) is 4.98. The summed E-state index contributed by atoms with van der Waals surface area (Å²) in [6.45, 7) is 2.71. The van der Waals surface area contributed by atoms with Crippen molar-refractivity contribution in [2.24, 2.45) is 5.92 Å². The maximum Gasteiger partial charge on any atom is 0.239 e. The molecule has 25 heavy (non-hydrogen) atoms. The van der Waals surface area contributed by atoms with Crippen molar-refractivity contribution in [3.63, 3.8) is 0 Å². The van der Waals surface area contributed by atoms with Crippen LogP contribution in [0.4, 0.5) is 5.69 Å². The predicted molar refractivity (Wildman–Crippen MR) is 103 cm³/mol. The molecule has 2 heterocycles. The third kappa shape index (κ3) is 4.67. The van der Waals surface area contributed by atoms with E-state index in [9.17, 15) is 9.59 Å². The summed E-state index contributed by atoms with van der Waals surface area (Å²) >= 11 is 12.2. The molecule has 1 unspecified atom stereocenters. The largest absolute Gasteiger partial charge is 0.352 e. The number of nitrogens with zero attached hydrogens (tertiary/aromatic N) is 1. The molecular weight excluding hydrogens is 385 g/mol. The second-order valence-corrected chi connectivity index (χ2v) is 6.80. The van der Waals surface area contributed by atoms with Gasteiger partial charge in [-0.15, -0.1) is 12.4 Å². The minimum atomic E-state index is -0.664. The molecule has 0 aliphatic carbocycles. The van der Waals surface area contributed by atoms with Crippen molar-refractivity contribution in [3.8, 4) is 0 Å². The number of carbonyl (C=O) groups is 2. The number of anilines is 1. The molecule has 1 atom stereocenters. The van der Waals surface area contributed by atoms with E-state index in [2.05, 4.69) is 16.7 Å². The first-order chi connectivity index (χ1) is 11.6. The van der Waals surface area contributed by atoms with Gasteiger partial charge in [0.2, 0.25) is 11.8 Å². The second-order valence-electron chi connectivity index (χ2n) is 5.96. The molecule has 0 bridgehead atoms. The van der Waals surface area contributed by atoms with Crippen LogP contribution in [0, 0.1) is 5.92 Å². The fourth-order valence-electron chi connectivity index (χ4n) is 3.01. The fourth-order valence-corrected chi connectivity index (χ4v) is 3.39. The molecule has 1 saturated heterocycles. The summed E-state index contributed by atoms with van der Waals surface area (Å²) in [6.07, 6.45) is 3.48. The Morgan fingerprint density at radius 2 is 2.16 bits per heavy atom. The Morgan fingerprint density at radius 1 is 1.36 bits per heavy atom. The van der Waals surface area contributed by atoms with Gasteiger partial charge in [-0.05, 0) is 37.6 Å². The quantitative estimate of drug-likeness (QED) is 0.599. The van der Waals surface area contributed by atoms with Gasteiger partial charge in [0.25, 0.3) is 0 Å². The Hall–Kier alpha value is -1.27. The van der Waals surface area contributed by atoms with Gasteiger partial charge in [0.05, 0.1) is 10.7 Å². The van der Waals surface area contributed by atoms with Crippen molar-refractivity contribution >= 4 is 53.1 Å². The first kappa shape index (κ1) is 20.0. The van der Waals surface area contributed by atoms with Crippen LogP contribution in [0.3, 0.4) is 0 Å². The van der Waals surface area contributed by atoms with Crippen LogP contribution in [-0.4, -0.2) is 38.0 Å². The van der Waals surface area contributed by atoms with Crippen LogP contribution in [0.5, 0.6) is 0 Å². The molecule has 1 aromatic carbocycles. The van der Waals surface area contributed by atoms with E-state index in [1.165, 1.54) is 5.57 Å². The topological polar surface area (TPSA) is 61.4 Å². The van der Waals surface area contributed by atoms with Crippen molar-refractivity contribution < 1.29 is 9.59 Å². The van der Waals surface area contributed by atoms with Gasteiger partial charge in [-0.3, -0.25) is 9.59 Å². The van der Waals surface area contributed by atoms with Gasteiger partial charge in [-0.25, -0.2) is 0 Å². The minimum absolute atomic E-state index is 0. The van der Waals surface area contributed by atoms with Crippen molar-refractivity contribution in [3.05, 3.63) is 39.9 Å². The van der Waals surface area contributed by atoms with E-state index >= 15 is 0 Å². The summed E-state index contributed by atoms with van der Waals surface area (Å²) in [5, 5.41) is 7.07. The third-order valence-electron chi connectivity index (χ3n) is 4.37. The molecule has 2 N–H and O–H groups in total. The van der Waals surface area contributed by atoms with Crippen LogP contribution in [0.15, 0.2) is 29.8 Å². The monoisotopic (exact) mass is 403 g/mol. The zero-order chi connectivity index (χ0) is 17.1. The number of rotatable bonds is 4. The maximum absolute atomic E-state index is 12.6. The Morgan fingerprint density at radius 3 is 2.88 bits per heavy atom. The highest BCUT2D eigenvalue weighted by molar-refractivity contribution is 6.36. The molecule has 2 amide bonds. The molecule has 0 aromatic heterocycles. The summed E-state index contributed by atoms with van der Waals surface area (Å²) in [7, 11) is 0. The highest BCUT2D eigenvalue weighted by Crippen LogP contribution is 2.33. The SMILES string of the molecule is Cl.O=C(NCC1=CCNCC1)C1CCN(c2cc(Cl)ccc2Cl)C1=O. The Balaban J connectivity index is 0.00000225. The molecule has 5 nitrogen and oxygen atoms in total. The Kier molecular flexibility index (Phi) is 7.14. The molecular formula is C17H20Cl3N3O2. The molecule has 1 fully saturated rings. The maximum atomic E-state index is 12.6. The molecule has 0 spiro atoms. The van der Waals surface area contributed by atoms with Crippen molar-refractivity contribution in [2.75, 3.05) is 31.1 Å². The molecule has 0 saturated carbocycles. The van der Waals surface area contributed by atoms with E-state index < -0.39 is 5.92 Å². The van der Waals surface area contributed by atoms with Crippen LogP contribution in [0.25, 0.3) is 0 Å². The van der Waals surface area contributed by atoms with Gasteiger partial charge in [-0.2, -0.15) is 0 Å². The highest BCUT2D eigenvalue weighted by atomic mass is 35.5. The number of benzene rings is 1. The van der Waals surface area contributed by atoms with Crippen molar-refractivity contribution in [1.29, 1.82) is 0 Å². The number of hydrogen-bond acceptors (Lipinski definition) is 3. The molecule has 136 valence electrons. The molecule has 2 aliphatic rings. The third-order valence-corrected chi connectivity index (χ3v) is 4.92. The zero-order valence-corrected chi connectivity index (χ0v) is 15.9. The summed E-state index contributed by atoms with van der Waals surface area (Å²) in [4.78, 5) is 26.5. The first-order valence-electron chi connectivity index (χ1n) is 7.99. The molecule has 2 aliphatic heterocycles. The van der Waals surface area contributed by atoms with Gasteiger partial charge in [0, 0.05) is 24.7 Å². The van der Waals surface area contributed by atoms with Gasteiger partial charge < -0.3 is 15.5 Å². The first-order valence-corrected chi connectivity index (χ1v) is 8.74. The number of nitrogens with one attached hydrogen (secondary N) is 2. The number of hydrogen-bond donors (Lipinski definition) is 2. The highest BCUT2D eigenvalue weighted by Gasteiger charge is 2.38. The lowest BCUT2D eigenvalue weighted by Gasteiger charge is -2.19. The molecule has 0 radical (unpaired) electrons. The lowest BCUT2D eigenvalue weighted by atomic mass is 10.1. The van der Waals surface area contributed by atoms with Crippen LogP contribution >= 0.6 is 35.6 Å². The van der Waals surface area contributed by atoms with Crippen molar-refractivity contribution in [2.45, 2.75) is 12.8 Å². The van der Waals surface area contributed by atoms with Gasteiger partial charge >= 0.3 is 0 Å². The molecule has 8 heteroatoms. The average molecular weight is 405 g/mol. The lowest BCUT2D eigenvalue weighted by molar-refractivity contribution is -0.132. The van der Waals surface area contributed by atoms with Gasteiger partial charge in [-0.1, -0.05) is 34.9 Å². The fraction of sp³-hybridized carbons (Fsp3) is 0.412. The van der Waals surface area contributed by atoms with E-state index in [1.54, 1.807) is 23.1 Å². The second kappa shape index (κ2) is 8.90. The van der Waals surface area contributed by atoms with Crippen molar-refractivity contribution in [1.82, 2.24) is 10.6 Å².